The van der Waals surface area contributed by atoms with Gasteiger partial charge < -0.3 is 9.88 Å². The van der Waals surface area contributed by atoms with Gasteiger partial charge >= 0.3 is 0 Å². The van der Waals surface area contributed by atoms with Gasteiger partial charge in [-0.25, -0.2) is 4.98 Å². The average molecular weight is 471 g/mol. The molecule has 4 nitrogen and oxygen atoms in total. The summed E-state index contributed by atoms with van der Waals surface area (Å²) >= 11 is 0. The van der Waals surface area contributed by atoms with E-state index in [9.17, 15) is 0 Å². The molecule has 0 spiro atoms. The molecule has 0 saturated carbocycles. The molecule has 1 aliphatic rings. The Kier molecular flexibility index (Phi) is 5.08. The lowest BCUT2D eigenvalue weighted by atomic mass is 9.73. The number of imidazole rings is 1. The van der Waals surface area contributed by atoms with Crippen molar-refractivity contribution in [2.24, 2.45) is 0 Å². The van der Waals surface area contributed by atoms with Crippen LogP contribution in [0.15, 0.2) is 104 Å². The van der Waals surface area contributed by atoms with E-state index in [4.69, 9.17) is 0 Å². The molecular weight excluding hydrogens is 440 g/mol. The Labute approximate surface area is 212 Å². The molecule has 0 bridgehead atoms. The molecule has 5 aromatic rings. The van der Waals surface area contributed by atoms with Crippen LogP contribution >= 0.6 is 0 Å². The van der Waals surface area contributed by atoms with E-state index < -0.39 is 0 Å². The van der Waals surface area contributed by atoms with Crippen LogP contribution in [0, 0.1) is 0 Å². The van der Waals surface area contributed by atoms with Gasteiger partial charge in [-0.1, -0.05) is 76.2 Å². The van der Waals surface area contributed by atoms with Crippen molar-refractivity contribution in [1.82, 2.24) is 15.0 Å². The van der Waals surface area contributed by atoms with E-state index in [-0.39, 0.29) is 10.8 Å². The fourth-order valence-electron chi connectivity index (χ4n) is 5.48. The van der Waals surface area contributed by atoms with Gasteiger partial charge in [0.05, 0.1) is 17.1 Å². The zero-order valence-corrected chi connectivity index (χ0v) is 21.2. The number of anilines is 3. The van der Waals surface area contributed by atoms with Crippen molar-refractivity contribution in [2.75, 3.05) is 4.90 Å². The van der Waals surface area contributed by atoms with Crippen molar-refractivity contribution in [3.8, 4) is 11.4 Å². The Hall–Kier alpha value is -4.18. The number of hydrogen-bond donors (Lipinski definition) is 1. The van der Waals surface area contributed by atoms with Crippen LogP contribution in [0.4, 0.5) is 17.1 Å². The monoisotopic (exact) mass is 470 g/mol. The number of fused-ring (bicyclic) bond motifs is 2. The van der Waals surface area contributed by atoms with Gasteiger partial charge in [0, 0.05) is 40.7 Å². The van der Waals surface area contributed by atoms with E-state index in [2.05, 4.69) is 126 Å². The van der Waals surface area contributed by atoms with Gasteiger partial charge in [0.25, 0.3) is 0 Å². The Bertz CT molecular complexity index is 1530. The average Bonchev–Trinajstić information content (AvgIpc) is 3.45. The minimum absolute atomic E-state index is 0.130. The molecule has 3 heterocycles. The fraction of sp³-hybridized carbons (Fsp3) is 0.188. The number of H-pyrrole nitrogens is 1. The number of nitrogens with zero attached hydrogens (tertiary/aromatic N) is 3. The number of aromatic nitrogens is 3. The minimum Gasteiger partial charge on any atom is -0.345 e. The van der Waals surface area contributed by atoms with Crippen molar-refractivity contribution in [1.29, 1.82) is 0 Å². The molecule has 0 unspecified atom stereocenters. The highest BCUT2D eigenvalue weighted by atomic mass is 15.2. The van der Waals surface area contributed by atoms with E-state index in [0.717, 1.165) is 22.8 Å². The third-order valence-corrected chi connectivity index (χ3v) is 7.63. The molecule has 0 amide bonds. The van der Waals surface area contributed by atoms with Gasteiger partial charge in [-0.2, -0.15) is 0 Å². The van der Waals surface area contributed by atoms with Gasteiger partial charge in [0.15, 0.2) is 0 Å². The second-order valence-corrected chi connectivity index (χ2v) is 10.5. The highest BCUT2D eigenvalue weighted by Gasteiger charge is 2.37. The summed E-state index contributed by atoms with van der Waals surface area (Å²) in [7, 11) is 0. The van der Waals surface area contributed by atoms with Gasteiger partial charge in [0.2, 0.25) is 0 Å². The van der Waals surface area contributed by atoms with Crippen molar-refractivity contribution in [3.63, 3.8) is 0 Å². The lowest BCUT2D eigenvalue weighted by Gasteiger charge is -2.42. The van der Waals surface area contributed by atoms with Crippen LogP contribution in [0.5, 0.6) is 0 Å². The van der Waals surface area contributed by atoms with Crippen molar-refractivity contribution in [3.05, 3.63) is 126 Å². The fourth-order valence-corrected chi connectivity index (χ4v) is 5.48. The first-order valence-electron chi connectivity index (χ1n) is 12.4. The number of rotatable bonds is 4. The maximum Gasteiger partial charge on any atom is 0.137 e. The Morgan fingerprint density at radius 1 is 0.750 bits per heavy atom. The molecule has 0 aliphatic carbocycles. The summed E-state index contributed by atoms with van der Waals surface area (Å²) in [6.45, 7) is 9.11. The van der Waals surface area contributed by atoms with Crippen molar-refractivity contribution < 1.29 is 0 Å². The molecule has 1 aliphatic heterocycles. The highest BCUT2D eigenvalue weighted by Crippen LogP contribution is 2.52. The van der Waals surface area contributed by atoms with Crippen LogP contribution in [-0.4, -0.2) is 15.0 Å². The van der Waals surface area contributed by atoms with Crippen molar-refractivity contribution >= 4 is 17.1 Å². The number of hydrogen-bond acceptors (Lipinski definition) is 3. The number of nitrogens with one attached hydrogen (secondary N) is 1. The molecule has 0 fully saturated rings. The highest BCUT2D eigenvalue weighted by molar-refractivity contribution is 5.87. The smallest absolute Gasteiger partial charge is 0.137 e. The first kappa shape index (κ1) is 22.3. The summed E-state index contributed by atoms with van der Waals surface area (Å²) in [5.74, 6) is 0.874. The third-order valence-electron chi connectivity index (χ3n) is 7.63. The summed E-state index contributed by atoms with van der Waals surface area (Å²) in [6, 6.07) is 30.5. The van der Waals surface area contributed by atoms with Crippen LogP contribution < -0.4 is 4.90 Å². The molecule has 36 heavy (non-hydrogen) atoms. The largest absolute Gasteiger partial charge is 0.345 e. The van der Waals surface area contributed by atoms with E-state index in [1.807, 2.05) is 18.5 Å². The van der Waals surface area contributed by atoms with E-state index in [1.165, 1.54) is 28.1 Å². The van der Waals surface area contributed by atoms with Gasteiger partial charge in [-0.05, 0) is 53.1 Å². The normalized spacial score (nSPS) is 14.3. The van der Waals surface area contributed by atoms with Crippen LogP contribution in [0.25, 0.3) is 11.4 Å². The quantitative estimate of drug-likeness (QED) is 0.290. The van der Waals surface area contributed by atoms with Gasteiger partial charge in [0.1, 0.15) is 5.82 Å². The molecule has 0 atom stereocenters. The minimum atomic E-state index is -0.231. The predicted octanol–water partition coefficient (Wildman–Crippen LogP) is 7.91. The van der Waals surface area contributed by atoms with E-state index in [0.29, 0.717) is 0 Å². The standard InChI is InChI=1S/C32H30N4/c1-31(2,29-14-7-8-17-33-29)23-10-9-11-24(21-23)36-27-13-6-5-12-25(27)32(3,4)26-16-15-22(20-28(26)36)30-34-18-19-35-30/h5-21H,1-4H3,(H,34,35). The Morgan fingerprint density at radius 3 is 2.33 bits per heavy atom. The van der Waals surface area contributed by atoms with Crippen LogP contribution in [-0.2, 0) is 10.8 Å². The lowest BCUT2D eigenvalue weighted by Crippen LogP contribution is -2.31. The molecule has 178 valence electrons. The summed E-state index contributed by atoms with van der Waals surface area (Å²) in [6.07, 6.45) is 5.54. The molecular formula is C32H30N4. The summed E-state index contributed by atoms with van der Waals surface area (Å²) < 4.78 is 0. The van der Waals surface area contributed by atoms with Crippen LogP contribution in [0.3, 0.4) is 0 Å². The molecule has 4 heteroatoms. The Balaban J connectivity index is 1.56. The summed E-state index contributed by atoms with van der Waals surface area (Å²) in [5, 5.41) is 0. The third kappa shape index (κ3) is 3.44. The van der Waals surface area contributed by atoms with Crippen LogP contribution in [0.2, 0.25) is 0 Å². The molecule has 6 rings (SSSR count). The maximum absolute atomic E-state index is 4.68. The molecule has 1 N–H and O–H groups in total. The zero-order valence-electron chi connectivity index (χ0n) is 21.2. The molecule has 2 aromatic heterocycles. The van der Waals surface area contributed by atoms with E-state index >= 15 is 0 Å². The van der Waals surface area contributed by atoms with Gasteiger partial charge in [-0.3, -0.25) is 4.98 Å². The lowest BCUT2D eigenvalue weighted by molar-refractivity contribution is 0.616. The second kappa shape index (κ2) is 8.20. The summed E-state index contributed by atoms with van der Waals surface area (Å²) in [4.78, 5) is 14.9. The predicted molar refractivity (Wildman–Crippen MR) is 147 cm³/mol. The van der Waals surface area contributed by atoms with Gasteiger partial charge in [-0.15, -0.1) is 0 Å². The SMILES string of the molecule is CC(C)(c1cccc(N2c3ccccc3C(C)(C)c3ccc(-c4ncc[nH]4)cc32)c1)c1ccccn1. The topological polar surface area (TPSA) is 44.8 Å². The number of para-hydroxylation sites is 1. The second-order valence-electron chi connectivity index (χ2n) is 10.5. The van der Waals surface area contributed by atoms with Crippen LogP contribution in [0.1, 0.15) is 50.1 Å². The Morgan fingerprint density at radius 2 is 1.56 bits per heavy atom. The molecule has 3 aromatic carbocycles. The summed E-state index contributed by atoms with van der Waals surface area (Å²) in [5.41, 5.74) is 9.14. The first-order valence-corrected chi connectivity index (χ1v) is 12.4. The number of benzene rings is 3. The maximum atomic E-state index is 4.68. The number of pyridine rings is 1. The zero-order chi connectivity index (χ0) is 24.9. The van der Waals surface area contributed by atoms with Crippen molar-refractivity contribution in [2.45, 2.75) is 38.5 Å². The molecule has 0 radical (unpaired) electrons. The van der Waals surface area contributed by atoms with E-state index in [1.54, 1.807) is 6.20 Å². The first-order chi connectivity index (χ1) is 17.4. The molecule has 0 saturated heterocycles. The number of aromatic amines is 1.